The van der Waals surface area contributed by atoms with Crippen molar-refractivity contribution < 1.29 is 44.1 Å². The van der Waals surface area contributed by atoms with Crippen LogP contribution in [0.25, 0.3) is 10.9 Å². The Kier molecular flexibility index (Phi) is 12.3. The Balaban J connectivity index is 2.32. The molecule has 224 valence electrons. The number of aromatic nitrogens is 1. The number of hydrogen-bond donors (Lipinski definition) is 8. The molecule has 4 atom stereocenters. The van der Waals surface area contributed by atoms with E-state index in [1.807, 2.05) is 18.2 Å². The molecule has 0 aliphatic carbocycles. The summed E-state index contributed by atoms with van der Waals surface area (Å²) in [5.74, 6) is -6.24. The van der Waals surface area contributed by atoms with E-state index in [0.29, 0.717) is 5.56 Å². The predicted octanol–water partition coefficient (Wildman–Crippen LogP) is 0.352. The van der Waals surface area contributed by atoms with E-state index in [2.05, 4.69) is 20.9 Å². The van der Waals surface area contributed by atoms with E-state index in [9.17, 15) is 33.9 Å². The van der Waals surface area contributed by atoms with Gasteiger partial charge in [0.2, 0.25) is 17.7 Å². The number of carbonyl (C=O) groups is 6. The number of para-hydroxylation sites is 1. The number of carbonyl (C=O) groups excluding carboxylic acids is 3. The van der Waals surface area contributed by atoms with Crippen LogP contribution in [0.5, 0.6) is 0 Å². The van der Waals surface area contributed by atoms with E-state index >= 15 is 0 Å². The van der Waals surface area contributed by atoms with Crippen molar-refractivity contribution in [1.82, 2.24) is 20.9 Å². The molecule has 0 aliphatic heterocycles. The van der Waals surface area contributed by atoms with Crippen LogP contribution in [0.15, 0.2) is 30.5 Å². The Hall–Kier alpha value is -4.46. The molecular weight excluding hydrogens is 538 g/mol. The molecule has 2 rings (SSSR count). The second kappa shape index (κ2) is 15.4. The number of amides is 3. The van der Waals surface area contributed by atoms with Gasteiger partial charge < -0.3 is 42.0 Å². The molecule has 2 aromatic rings. The minimum absolute atomic E-state index is 0.0483. The molecule has 0 radical (unpaired) electrons. The summed E-state index contributed by atoms with van der Waals surface area (Å²) >= 11 is 0. The van der Waals surface area contributed by atoms with Crippen molar-refractivity contribution in [2.24, 2.45) is 11.7 Å². The molecule has 14 nitrogen and oxygen atoms in total. The first-order valence-corrected chi connectivity index (χ1v) is 13.2. The minimum Gasteiger partial charge on any atom is -0.481 e. The van der Waals surface area contributed by atoms with Gasteiger partial charge in [-0.05, 0) is 36.8 Å². The van der Waals surface area contributed by atoms with Crippen molar-refractivity contribution in [2.45, 2.75) is 76.5 Å². The van der Waals surface area contributed by atoms with Crippen molar-refractivity contribution in [3.05, 3.63) is 36.0 Å². The number of aromatic amines is 1. The van der Waals surface area contributed by atoms with Crippen LogP contribution in [0, 0.1) is 5.92 Å². The van der Waals surface area contributed by atoms with Crippen molar-refractivity contribution >= 4 is 46.5 Å². The van der Waals surface area contributed by atoms with Gasteiger partial charge in [0.25, 0.3) is 0 Å². The van der Waals surface area contributed by atoms with Crippen LogP contribution >= 0.6 is 0 Å². The standard InChI is InChI=1S/C27H37N5O9/c1-14(2)11-21(27(40)41)32-26(39)20(12-15-13-29-18-6-4-3-5-16(15)18)31-25(38)19(8-10-23(35)36)30-24(37)17(28)7-9-22(33)34/h3-6,13-14,17,19-21,29H,7-12,28H2,1-2H3,(H,30,37)(H,31,38)(H,32,39)(H,33,34)(H,35,36)(H,40,41). The van der Waals surface area contributed by atoms with Crippen molar-refractivity contribution in [1.29, 1.82) is 0 Å². The summed E-state index contributed by atoms with van der Waals surface area (Å²) in [4.78, 5) is 76.1. The van der Waals surface area contributed by atoms with Crippen molar-refractivity contribution in [3.63, 3.8) is 0 Å². The summed E-state index contributed by atoms with van der Waals surface area (Å²) in [5, 5.41) is 35.7. The maximum absolute atomic E-state index is 13.3. The maximum atomic E-state index is 13.3. The van der Waals surface area contributed by atoms with Gasteiger partial charge >= 0.3 is 17.9 Å². The third-order valence-electron chi connectivity index (χ3n) is 6.34. The number of H-pyrrole nitrogens is 1. The third kappa shape index (κ3) is 10.6. The van der Waals surface area contributed by atoms with Crippen LogP contribution in [0.2, 0.25) is 0 Å². The molecule has 0 bridgehead atoms. The number of rotatable bonds is 17. The lowest BCUT2D eigenvalue weighted by Gasteiger charge is -2.25. The molecule has 0 aliphatic rings. The zero-order valence-electron chi connectivity index (χ0n) is 22.9. The number of carboxylic acids is 3. The Morgan fingerprint density at radius 1 is 0.805 bits per heavy atom. The fraction of sp³-hybridized carbons (Fsp3) is 0.481. The molecule has 4 unspecified atom stereocenters. The van der Waals surface area contributed by atoms with E-state index < -0.39 is 72.6 Å². The van der Waals surface area contributed by atoms with Gasteiger partial charge in [-0.15, -0.1) is 0 Å². The first-order valence-electron chi connectivity index (χ1n) is 13.2. The first-order chi connectivity index (χ1) is 19.3. The average molecular weight is 576 g/mol. The van der Waals surface area contributed by atoms with Crippen LogP contribution < -0.4 is 21.7 Å². The lowest BCUT2D eigenvalue weighted by molar-refractivity contribution is -0.143. The highest BCUT2D eigenvalue weighted by atomic mass is 16.4. The highest BCUT2D eigenvalue weighted by molar-refractivity contribution is 5.95. The number of hydrogen-bond acceptors (Lipinski definition) is 7. The van der Waals surface area contributed by atoms with Crippen LogP contribution in [0.4, 0.5) is 0 Å². The van der Waals surface area contributed by atoms with E-state index in [1.54, 1.807) is 26.1 Å². The van der Waals surface area contributed by atoms with Gasteiger partial charge in [0, 0.05) is 36.4 Å². The summed E-state index contributed by atoms with van der Waals surface area (Å²) in [6, 6.07) is 2.03. The van der Waals surface area contributed by atoms with Gasteiger partial charge in [-0.1, -0.05) is 32.0 Å². The van der Waals surface area contributed by atoms with Gasteiger partial charge in [-0.2, -0.15) is 0 Å². The normalized spacial score (nSPS) is 14.0. The van der Waals surface area contributed by atoms with E-state index in [4.69, 9.17) is 15.9 Å². The second-order valence-electron chi connectivity index (χ2n) is 10.2. The molecule has 1 aromatic heterocycles. The Bertz CT molecular complexity index is 1260. The Labute approximate surface area is 236 Å². The van der Waals surface area contributed by atoms with E-state index in [1.165, 1.54) is 0 Å². The third-order valence-corrected chi connectivity index (χ3v) is 6.34. The van der Waals surface area contributed by atoms with Crippen LogP contribution in [-0.2, 0) is 35.2 Å². The molecule has 9 N–H and O–H groups in total. The zero-order chi connectivity index (χ0) is 30.7. The summed E-state index contributed by atoms with van der Waals surface area (Å²) in [6.45, 7) is 3.59. The predicted molar refractivity (Wildman–Crippen MR) is 147 cm³/mol. The number of nitrogens with two attached hydrogens (primary N) is 1. The number of aliphatic carboxylic acids is 3. The fourth-order valence-corrected chi connectivity index (χ4v) is 4.19. The molecular formula is C27H37N5O9. The fourth-order valence-electron chi connectivity index (χ4n) is 4.19. The SMILES string of the molecule is CC(C)CC(NC(=O)C(Cc1c[nH]c2ccccc12)NC(=O)C(CCC(=O)O)NC(=O)C(N)CCC(=O)O)C(=O)O. The quantitative estimate of drug-likeness (QED) is 0.129. The molecule has 14 heteroatoms. The van der Waals surface area contributed by atoms with Gasteiger partial charge in [-0.3, -0.25) is 24.0 Å². The lowest BCUT2D eigenvalue weighted by Crippen LogP contribution is -2.57. The molecule has 0 saturated carbocycles. The highest BCUT2D eigenvalue weighted by Crippen LogP contribution is 2.19. The summed E-state index contributed by atoms with van der Waals surface area (Å²) < 4.78 is 0. The average Bonchev–Trinajstić information content (AvgIpc) is 3.30. The van der Waals surface area contributed by atoms with Gasteiger partial charge in [0.15, 0.2) is 0 Å². The topological polar surface area (TPSA) is 241 Å². The lowest BCUT2D eigenvalue weighted by atomic mass is 10.0. The van der Waals surface area contributed by atoms with Crippen LogP contribution in [0.3, 0.4) is 0 Å². The van der Waals surface area contributed by atoms with Crippen molar-refractivity contribution in [3.8, 4) is 0 Å². The van der Waals surface area contributed by atoms with Gasteiger partial charge in [-0.25, -0.2) is 4.79 Å². The van der Waals surface area contributed by atoms with Gasteiger partial charge in [0.05, 0.1) is 6.04 Å². The molecule has 41 heavy (non-hydrogen) atoms. The Morgan fingerprint density at radius 3 is 1.98 bits per heavy atom. The summed E-state index contributed by atoms with van der Waals surface area (Å²) in [7, 11) is 0. The molecule has 0 fully saturated rings. The monoisotopic (exact) mass is 575 g/mol. The van der Waals surface area contributed by atoms with E-state index in [-0.39, 0.29) is 31.6 Å². The van der Waals surface area contributed by atoms with Crippen molar-refractivity contribution in [2.75, 3.05) is 0 Å². The maximum Gasteiger partial charge on any atom is 0.326 e. The smallest absolute Gasteiger partial charge is 0.326 e. The molecule has 3 amide bonds. The number of carboxylic acid groups (broad SMARTS) is 3. The first kappa shape index (κ1) is 32.8. The Morgan fingerprint density at radius 2 is 1.37 bits per heavy atom. The largest absolute Gasteiger partial charge is 0.481 e. The molecule has 1 heterocycles. The van der Waals surface area contributed by atoms with Crippen LogP contribution in [-0.4, -0.2) is 80.1 Å². The number of benzene rings is 1. The molecule has 1 aromatic carbocycles. The zero-order valence-corrected chi connectivity index (χ0v) is 22.9. The highest BCUT2D eigenvalue weighted by Gasteiger charge is 2.31. The number of nitrogens with one attached hydrogen (secondary N) is 4. The van der Waals surface area contributed by atoms with Gasteiger partial charge in [0.1, 0.15) is 18.1 Å². The number of fused-ring (bicyclic) bond motifs is 1. The summed E-state index contributed by atoms with van der Waals surface area (Å²) in [5.41, 5.74) is 7.17. The minimum atomic E-state index is -1.42. The van der Waals surface area contributed by atoms with E-state index in [0.717, 1.165) is 10.9 Å². The molecule has 0 spiro atoms. The molecule has 0 saturated heterocycles. The van der Waals surface area contributed by atoms with Crippen LogP contribution in [0.1, 0.15) is 51.5 Å². The summed E-state index contributed by atoms with van der Waals surface area (Å²) in [6.07, 6.45) is 0.294. The second-order valence-corrected chi connectivity index (χ2v) is 10.2.